The van der Waals surface area contributed by atoms with Gasteiger partial charge in [0.15, 0.2) is 0 Å². The molecule has 6 nitrogen and oxygen atoms in total. The van der Waals surface area contributed by atoms with Gasteiger partial charge in [0.05, 0.1) is 18.1 Å². The maximum atomic E-state index is 13.0. The number of hydrogen-bond acceptors (Lipinski definition) is 4. The predicted molar refractivity (Wildman–Crippen MR) is 101 cm³/mol. The minimum absolute atomic E-state index is 0.0696. The molecule has 1 unspecified atom stereocenters. The molecular weight excluding hydrogens is 364 g/mol. The first-order chi connectivity index (χ1) is 13.0. The fourth-order valence-corrected chi connectivity index (χ4v) is 7.44. The van der Waals surface area contributed by atoms with Crippen molar-refractivity contribution in [3.63, 3.8) is 0 Å². The van der Waals surface area contributed by atoms with Gasteiger partial charge in [-0.1, -0.05) is 6.07 Å². The summed E-state index contributed by atoms with van der Waals surface area (Å²) in [6.45, 7) is 3.37. The Labute approximate surface area is 160 Å². The monoisotopic (exact) mass is 390 g/mol. The Morgan fingerprint density at radius 3 is 2.48 bits per heavy atom. The van der Waals surface area contributed by atoms with Gasteiger partial charge in [0.25, 0.3) is 0 Å². The second kappa shape index (κ2) is 6.29. The van der Waals surface area contributed by atoms with Crippen LogP contribution in [-0.2, 0) is 19.6 Å². The largest absolute Gasteiger partial charge is 0.379 e. The van der Waals surface area contributed by atoms with E-state index in [-0.39, 0.29) is 16.7 Å². The lowest BCUT2D eigenvalue weighted by Crippen LogP contribution is -2.40. The van der Waals surface area contributed by atoms with E-state index in [2.05, 4.69) is 5.32 Å². The Morgan fingerprint density at radius 2 is 1.81 bits per heavy atom. The molecule has 1 heterocycles. The summed E-state index contributed by atoms with van der Waals surface area (Å²) < 4.78 is 32.7. The minimum Gasteiger partial charge on any atom is -0.379 e. The molecule has 1 aliphatic heterocycles. The van der Waals surface area contributed by atoms with Crippen LogP contribution in [0.1, 0.15) is 24.8 Å². The summed E-state index contributed by atoms with van der Waals surface area (Å²) in [6, 6.07) is 5.20. The average Bonchev–Trinajstić information content (AvgIpc) is 3.12. The van der Waals surface area contributed by atoms with E-state index in [0.717, 1.165) is 11.8 Å². The van der Waals surface area contributed by atoms with Crippen LogP contribution in [0.4, 0.5) is 5.69 Å². The first-order valence-electron chi connectivity index (χ1n) is 9.96. The standard InChI is InChI=1S/C20H26N2O4S/c1-12-2-5-15(11-16(12)27(24,25)22-6-8-26-9-7-22)21-20(23)19-17-13-3-4-14(10-13)18(17)19/h2,5,11,13-14,17-19H,3-4,6-10H2,1H3,(H,21,23)/t13-,14-,17-,18+,19?/m0/s1. The van der Waals surface area contributed by atoms with E-state index in [9.17, 15) is 13.2 Å². The van der Waals surface area contributed by atoms with Crippen molar-refractivity contribution in [2.75, 3.05) is 31.6 Å². The number of fused-ring (bicyclic) bond motifs is 5. The number of nitrogens with zero attached hydrogens (tertiary/aromatic N) is 1. The maximum absolute atomic E-state index is 13.0. The molecule has 1 aromatic rings. The molecule has 1 aromatic carbocycles. The van der Waals surface area contributed by atoms with E-state index in [1.54, 1.807) is 25.1 Å². The fraction of sp³-hybridized carbons (Fsp3) is 0.650. The molecule has 2 bridgehead atoms. The molecule has 0 aromatic heterocycles. The van der Waals surface area contributed by atoms with Gasteiger partial charge in [0.1, 0.15) is 0 Å². The van der Waals surface area contributed by atoms with Crippen LogP contribution in [0.15, 0.2) is 23.1 Å². The van der Waals surface area contributed by atoms with Crippen LogP contribution < -0.4 is 5.32 Å². The second-order valence-electron chi connectivity index (χ2n) is 8.50. The number of morpholine rings is 1. The van der Waals surface area contributed by atoms with Crippen molar-refractivity contribution in [2.24, 2.45) is 29.6 Å². The summed E-state index contributed by atoms with van der Waals surface area (Å²) in [6.07, 6.45) is 3.87. The lowest BCUT2D eigenvalue weighted by atomic mass is 10.0. The Morgan fingerprint density at radius 1 is 1.15 bits per heavy atom. The van der Waals surface area contributed by atoms with Crippen LogP contribution in [0.3, 0.4) is 0 Å². The fourth-order valence-electron chi connectivity index (χ4n) is 5.78. The quantitative estimate of drug-likeness (QED) is 0.856. The van der Waals surface area contributed by atoms with Gasteiger partial charge in [0, 0.05) is 24.7 Å². The number of benzene rings is 1. The Hall–Kier alpha value is -1.44. The lowest BCUT2D eigenvalue weighted by Gasteiger charge is -2.26. The predicted octanol–water partition coefficient (Wildman–Crippen LogP) is 2.25. The van der Waals surface area contributed by atoms with Crippen LogP contribution in [-0.4, -0.2) is 44.9 Å². The Balaban J connectivity index is 1.34. The highest BCUT2D eigenvalue weighted by Gasteiger charge is 2.67. The van der Waals surface area contributed by atoms with Crippen LogP contribution >= 0.6 is 0 Å². The van der Waals surface area contributed by atoms with Crippen molar-refractivity contribution >= 4 is 21.6 Å². The molecule has 3 aliphatic carbocycles. The van der Waals surface area contributed by atoms with Crippen LogP contribution in [0.25, 0.3) is 0 Å². The van der Waals surface area contributed by atoms with Gasteiger partial charge in [-0.25, -0.2) is 8.42 Å². The topological polar surface area (TPSA) is 75.7 Å². The van der Waals surface area contributed by atoms with Gasteiger partial charge < -0.3 is 10.1 Å². The average molecular weight is 391 g/mol. The summed E-state index contributed by atoms with van der Waals surface area (Å²) in [4.78, 5) is 13.0. The molecule has 146 valence electrons. The van der Waals surface area contributed by atoms with E-state index in [1.807, 2.05) is 0 Å². The minimum atomic E-state index is -3.58. The van der Waals surface area contributed by atoms with Crippen LogP contribution in [0, 0.1) is 36.5 Å². The Kier molecular flexibility index (Phi) is 4.11. The number of carbonyl (C=O) groups excluding carboxylic acids is 1. The highest BCUT2D eigenvalue weighted by Crippen LogP contribution is 2.69. The summed E-state index contributed by atoms with van der Waals surface area (Å²) in [5.41, 5.74) is 1.27. The summed E-state index contributed by atoms with van der Waals surface area (Å²) in [5, 5.41) is 3.00. The molecule has 5 atom stereocenters. The molecule has 27 heavy (non-hydrogen) atoms. The number of nitrogens with one attached hydrogen (secondary N) is 1. The number of ether oxygens (including phenoxy) is 1. The van der Waals surface area contributed by atoms with Crippen molar-refractivity contribution < 1.29 is 17.9 Å². The van der Waals surface area contributed by atoms with Gasteiger partial charge in [-0.3, -0.25) is 4.79 Å². The van der Waals surface area contributed by atoms with Gasteiger partial charge >= 0.3 is 0 Å². The van der Waals surface area contributed by atoms with Crippen molar-refractivity contribution in [2.45, 2.75) is 31.1 Å². The number of amides is 1. The van der Waals surface area contributed by atoms with Crippen LogP contribution in [0.5, 0.6) is 0 Å². The van der Waals surface area contributed by atoms with Gasteiger partial charge in [-0.2, -0.15) is 4.31 Å². The van der Waals surface area contributed by atoms with E-state index in [0.29, 0.717) is 49.4 Å². The first kappa shape index (κ1) is 17.6. The Bertz CT molecular complexity index is 862. The molecule has 0 radical (unpaired) electrons. The van der Waals surface area contributed by atoms with E-state index in [1.165, 1.54) is 23.6 Å². The third-order valence-electron chi connectivity index (χ3n) is 7.08. The smallest absolute Gasteiger partial charge is 0.243 e. The second-order valence-corrected chi connectivity index (χ2v) is 10.4. The molecule has 7 heteroatoms. The van der Waals surface area contributed by atoms with Gasteiger partial charge in [0.2, 0.25) is 15.9 Å². The molecular formula is C20H26N2O4S. The normalized spacial score (nSPS) is 35.1. The molecule has 1 amide bonds. The van der Waals surface area contributed by atoms with Gasteiger partial charge in [-0.05, 0) is 67.6 Å². The van der Waals surface area contributed by atoms with Crippen molar-refractivity contribution in [3.8, 4) is 0 Å². The highest BCUT2D eigenvalue weighted by atomic mass is 32.2. The van der Waals surface area contributed by atoms with Crippen molar-refractivity contribution in [1.29, 1.82) is 0 Å². The third-order valence-corrected chi connectivity index (χ3v) is 9.12. The summed E-state index contributed by atoms with van der Waals surface area (Å²) in [7, 11) is -3.58. The zero-order valence-corrected chi connectivity index (χ0v) is 16.4. The molecule has 0 spiro atoms. The van der Waals surface area contributed by atoms with Crippen molar-refractivity contribution in [3.05, 3.63) is 23.8 Å². The number of sulfonamides is 1. The van der Waals surface area contributed by atoms with Crippen LogP contribution in [0.2, 0.25) is 0 Å². The number of hydrogen-bond donors (Lipinski definition) is 1. The molecule has 3 saturated carbocycles. The summed E-state index contributed by atoms with van der Waals surface area (Å²) >= 11 is 0. The number of carbonyl (C=O) groups is 1. The number of anilines is 1. The van der Waals surface area contributed by atoms with E-state index in [4.69, 9.17) is 4.74 Å². The summed E-state index contributed by atoms with van der Waals surface area (Å²) in [5.74, 6) is 2.84. The number of rotatable bonds is 4. The molecule has 1 N–H and O–H groups in total. The third kappa shape index (κ3) is 2.82. The lowest BCUT2D eigenvalue weighted by molar-refractivity contribution is -0.118. The maximum Gasteiger partial charge on any atom is 0.243 e. The molecule has 4 aliphatic rings. The van der Waals surface area contributed by atoms with Crippen molar-refractivity contribution in [1.82, 2.24) is 4.31 Å². The highest BCUT2D eigenvalue weighted by molar-refractivity contribution is 7.89. The molecule has 1 saturated heterocycles. The zero-order chi connectivity index (χ0) is 18.8. The number of aryl methyl sites for hydroxylation is 1. The SMILES string of the molecule is Cc1ccc(NC(=O)C2[C@@H]3[C@H]4CC[C@@H](C4)[C@H]23)cc1S(=O)(=O)N1CCOCC1. The zero-order valence-electron chi connectivity index (χ0n) is 15.6. The molecule has 5 rings (SSSR count). The first-order valence-corrected chi connectivity index (χ1v) is 11.4. The molecule has 4 fully saturated rings. The van der Waals surface area contributed by atoms with E-state index >= 15 is 0 Å². The van der Waals surface area contributed by atoms with Gasteiger partial charge in [-0.15, -0.1) is 0 Å². The van der Waals surface area contributed by atoms with E-state index < -0.39 is 10.0 Å².